The first-order chi connectivity index (χ1) is 16.8. The fraction of sp³-hybridized carbons (Fsp3) is 0.240. The van der Waals surface area contributed by atoms with E-state index in [4.69, 9.17) is 5.73 Å². The molecule has 0 aliphatic carbocycles. The molecule has 3 N–H and O–H groups in total. The Kier molecular flexibility index (Phi) is 6.53. The zero-order valence-electron chi connectivity index (χ0n) is 18.9. The first-order valence-electron chi connectivity index (χ1n) is 11.4. The van der Waals surface area contributed by atoms with Crippen LogP contribution in [0.3, 0.4) is 0 Å². The third-order valence-electron chi connectivity index (χ3n) is 5.77. The van der Waals surface area contributed by atoms with E-state index in [0.29, 0.717) is 18.4 Å². The Bertz CT molecular complexity index is 1210. The van der Waals surface area contributed by atoms with E-state index in [1.807, 2.05) is 42.7 Å². The average Bonchev–Trinajstić information content (AvgIpc) is 2.90. The van der Waals surface area contributed by atoms with Crippen LogP contribution in [0.2, 0.25) is 0 Å². The van der Waals surface area contributed by atoms with Gasteiger partial charge in [0.15, 0.2) is 0 Å². The molecule has 3 heterocycles. The van der Waals surface area contributed by atoms with Gasteiger partial charge in [-0.3, -0.25) is 0 Å². The summed E-state index contributed by atoms with van der Waals surface area (Å²) >= 11 is 0. The summed E-state index contributed by atoms with van der Waals surface area (Å²) in [5, 5.41) is 3.24. The van der Waals surface area contributed by atoms with Crippen molar-refractivity contribution in [3.05, 3.63) is 90.0 Å². The number of nitrogens with two attached hydrogens (primary N) is 1. The Balaban J connectivity index is 1.18. The summed E-state index contributed by atoms with van der Waals surface area (Å²) in [5.41, 5.74) is 10.0. The summed E-state index contributed by atoms with van der Waals surface area (Å²) in [6.45, 7) is 3.64. The molecule has 9 nitrogen and oxygen atoms in total. The Morgan fingerprint density at radius 2 is 1.44 bits per heavy atom. The van der Waals surface area contributed by atoms with Gasteiger partial charge in [-0.05, 0) is 28.8 Å². The first kappa shape index (κ1) is 21.7. The highest BCUT2D eigenvalue weighted by atomic mass is 15.4. The highest BCUT2D eigenvalue weighted by Crippen LogP contribution is 2.18. The maximum atomic E-state index is 5.74. The van der Waals surface area contributed by atoms with Crippen molar-refractivity contribution in [1.29, 1.82) is 0 Å². The number of hydrogen-bond donors (Lipinski definition) is 2. The van der Waals surface area contributed by atoms with Crippen LogP contribution in [0.1, 0.15) is 16.7 Å². The second kappa shape index (κ2) is 10.2. The van der Waals surface area contributed by atoms with Gasteiger partial charge in [0, 0.05) is 57.2 Å². The molecule has 2 aromatic heterocycles. The molecule has 1 aliphatic heterocycles. The maximum absolute atomic E-state index is 5.74. The SMILES string of the molecule is NCc1cccc(Nc2ncnc(N3CCN(c4ncc(Cc5ccccc5)cn4)CC3)n2)c1. The van der Waals surface area contributed by atoms with E-state index in [2.05, 4.69) is 64.3 Å². The van der Waals surface area contributed by atoms with Crippen LogP contribution in [0.5, 0.6) is 0 Å². The first-order valence-corrected chi connectivity index (χ1v) is 11.4. The molecule has 0 atom stereocenters. The van der Waals surface area contributed by atoms with Gasteiger partial charge in [0.1, 0.15) is 6.33 Å². The van der Waals surface area contributed by atoms with Crippen molar-refractivity contribution in [1.82, 2.24) is 24.9 Å². The van der Waals surface area contributed by atoms with Crippen LogP contribution in [-0.4, -0.2) is 51.1 Å². The van der Waals surface area contributed by atoms with Crippen LogP contribution in [0.25, 0.3) is 0 Å². The van der Waals surface area contributed by atoms with Crippen molar-refractivity contribution < 1.29 is 0 Å². The Morgan fingerprint density at radius 3 is 2.18 bits per heavy atom. The lowest BCUT2D eigenvalue weighted by molar-refractivity contribution is 0.626. The van der Waals surface area contributed by atoms with Crippen molar-refractivity contribution in [2.75, 3.05) is 41.3 Å². The Labute approximate surface area is 198 Å². The number of rotatable bonds is 7. The smallest absolute Gasteiger partial charge is 0.231 e. The normalized spacial score (nSPS) is 13.7. The minimum absolute atomic E-state index is 0.488. The number of hydrogen-bond acceptors (Lipinski definition) is 9. The molecule has 5 rings (SSSR count). The van der Waals surface area contributed by atoms with E-state index in [-0.39, 0.29) is 0 Å². The van der Waals surface area contributed by atoms with Gasteiger partial charge in [0.2, 0.25) is 17.8 Å². The summed E-state index contributed by atoms with van der Waals surface area (Å²) in [6, 6.07) is 18.3. The van der Waals surface area contributed by atoms with E-state index in [9.17, 15) is 0 Å². The van der Waals surface area contributed by atoms with Gasteiger partial charge in [0.25, 0.3) is 0 Å². The lowest BCUT2D eigenvalue weighted by Gasteiger charge is -2.34. The number of nitrogens with one attached hydrogen (secondary N) is 1. The lowest BCUT2D eigenvalue weighted by Crippen LogP contribution is -2.47. The van der Waals surface area contributed by atoms with Gasteiger partial charge >= 0.3 is 0 Å². The highest BCUT2D eigenvalue weighted by molar-refractivity contribution is 5.55. The Morgan fingerprint density at radius 1 is 0.735 bits per heavy atom. The fourth-order valence-corrected chi connectivity index (χ4v) is 3.95. The predicted octanol–water partition coefficient (Wildman–Crippen LogP) is 2.78. The van der Waals surface area contributed by atoms with Gasteiger partial charge in [-0.15, -0.1) is 0 Å². The minimum atomic E-state index is 0.488. The van der Waals surface area contributed by atoms with E-state index in [1.54, 1.807) is 6.33 Å². The molecule has 2 aromatic carbocycles. The third-order valence-corrected chi connectivity index (χ3v) is 5.77. The molecule has 0 bridgehead atoms. The molecule has 1 fully saturated rings. The van der Waals surface area contributed by atoms with E-state index >= 15 is 0 Å². The molecule has 0 amide bonds. The van der Waals surface area contributed by atoms with Crippen molar-refractivity contribution in [2.24, 2.45) is 5.73 Å². The van der Waals surface area contributed by atoms with Gasteiger partial charge in [-0.1, -0.05) is 42.5 Å². The lowest BCUT2D eigenvalue weighted by atomic mass is 10.1. The molecular formula is C25H27N9. The van der Waals surface area contributed by atoms with Crippen LogP contribution in [-0.2, 0) is 13.0 Å². The number of benzene rings is 2. The van der Waals surface area contributed by atoms with Crippen LogP contribution in [0.4, 0.5) is 23.5 Å². The topological polar surface area (TPSA) is 109 Å². The van der Waals surface area contributed by atoms with E-state index < -0.39 is 0 Å². The van der Waals surface area contributed by atoms with Crippen molar-refractivity contribution >= 4 is 23.5 Å². The number of aromatic nitrogens is 5. The molecule has 0 unspecified atom stereocenters. The molecule has 1 aliphatic rings. The second-order valence-corrected chi connectivity index (χ2v) is 8.17. The van der Waals surface area contributed by atoms with Gasteiger partial charge in [-0.2, -0.15) is 4.98 Å². The van der Waals surface area contributed by atoms with Gasteiger partial charge in [0.05, 0.1) is 0 Å². The Hall–Kier alpha value is -4.11. The maximum Gasteiger partial charge on any atom is 0.231 e. The summed E-state index contributed by atoms with van der Waals surface area (Å²) in [7, 11) is 0. The second-order valence-electron chi connectivity index (χ2n) is 8.17. The molecule has 4 aromatic rings. The minimum Gasteiger partial charge on any atom is -0.337 e. The monoisotopic (exact) mass is 453 g/mol. The van der Waals surface area contributed by atoms with Crippen molar-refractivity contribution in [3.8, 4) is 0 Å². The summed E-state index contributed by atoms with van der Waals surface area (Å²) in [6.07, 6.45) is 6.22. The molecule has 34 heavy (non-hydrogen) atoms. The summed E-state index contributed by atoms with van der Waals surface area (Å²) in [5.74, 6) is 1.93. The number of anilines is 4. The fourth-order valence-electron chi connectivity index (χ4n) is 3.95. The number of nitrogens with zero attached hydrogens (tertiary/aromatic N) is 7. The molecule has 1 saturated heterocycles. The zero-order chi connectivity index (χ0) is 23.2. The zero-order valence-corrected chi connectivity index (χ0v) is 18.9. The molecule has 9 heteroatoms. The quantitative estimate of drug-likeness (QED) is 0.436. The van der Waals surface area contributed by atoms with Crippen molar-refractivity contribution in [2.45, 2.75) is 13.0 Å². The van der Waals surface area contributed by atoms with Crippen LogP contribution in [0.15, 0.2) is 73.3 Å². The standard InChI is InChI=1S/C25H27N9/c26-15-20-7-4-8-22(14-20)31-23-29-18-30-25(32-23)34-11-9-33(10-12-34)24-27-16-21(17-28-24)13-19-5-2-1-3-6-19/h1-8,14,16-18H,9-13,15,26H2,(H,29,30,31,32). The van der Waals surface area contributed by atoms with Gasteiger partial charge < -0.3 is 20.9 Å². The number of piperazine rings is 1. The average molecular weight is 454 g/mol. The third kappa shape index (κ3) is 5.26. The largest absolute Gasteiger partial charge is 0.337 e. The summed E-state index contributed by atoms with van der Waals surface area (Å²) in [4.78, 5) is 26.8. The molecule has 172 valence electrons. The van der Waals surface area contributed by atoms with E-state index in [1.165, 1.54) is 5.56 Å². The molecule has 0 radical (unpaired) electrons. The van der Waals surface area contributed by atoms with E-state index in [0.717, 1.165) is 55.4 Å². The molecule has 0 spiro atoms. The molecular weight excluding hydrogens is 426 g/mol. The molecule has 0 saturated carbocycles. The van der Waals surface area contributed by atoms with Gasteiger partial charge in [-0.25, -0.2) is 19.9 Å². The summed E-state index contributed by atoms with van der Waals surface area (Å²) < 4.78 is 0. The van der Waals surface area contributed by atoms with Crippen LogP contribution >= 0.6 is 0 Å². The predicted molar refractivity (Wildman–Crippen MR) is 133 cm³/mol. The van der Waals surface area contributed by atoms with Crippen molar-refractivity contribution in [3.63, 3.8) is 0 Å². The highest BCUT2D eigenvalue weighted by Gasteiger charge is 2.21. The van der Waals surface area contributed by atoms with Crippen LogP contribution in [0, 0.1) is 0 Å². The van der Waals surface area contributed by atoms with Crippen LogP contribution < -0.4 is 20.9 Å².